The van der Waals surface area contributed by atoms with Crippen molar-refractivity contribution in [2.45, 2.75) is 12.8 Å². The number of hydrogen-bond acceptors (Lipinski definition) is 5. The minimum absolute atomic E-state index is 0.00248. The molecule has 0 saturated heterocycles. The van der Waals surface area contributed by atoms with Crippen LogP contribution in [0.2, 0.25) is 0 Å². The van der Waals surface area contributed by atoms with E-state index in [-0.39, 0.29) is 28.4 Å². The van der Waals surface area contributed by atoms with Gasteiger partial charge in [-0.25, -0.2) is 14.6 Å². The maximum atomic E-state index is 13.9. The lowest BCUT2D eigenvalue weighted by Gasteiger charge is -2.28. The summed E-state index contributed by atoms with van der Waals surface area (Å²) in [5, 5.41) is 5.01. The molecule has 3 N–H and O–H groups in total. The van der Waals surface area contributed by atoms with Gasteiger partial charge in [0.1, 0.15) is 17.3 Å². The van der Waals surface area contributed by atoms with Crippen molar-refractivity contribution in [1.82, 2.24) is 15.3 Å². The number of carbonyl (C=O) groups is 1. The molecule has 0 radical (unpaired) electrons. The van der Waals surface area contributed by atoms with Crippen LogP contribution in [0.25, 0.3) is 0 Å². The summed E-state index contributed by atoms with van der Waals surface area (Å²) in [5.74, 6) is 1.74. The third-order valence-corrected chi connectivity index (χ3v) is 3.84. The molecule has 3 rings (SSSR count). The quantitative estimate of drug-likeness (QED) is 0.279. The number of hydrogen-bond donors (Lipinski definition) is 2. The second-order valence-corrected chi connectivity index (χ2v) is 5.50. The molecule has 2 aliphatic rings. The van der Waals surface area contributed by atoms with Crippen molar-refractivity contribution >= 4 is 11.6 Å². The molecule has 0 aromatic heterocycles. The fourth-order valence-corrected chi connectivity index (χ4v) is 2.61. The number of hydrazone groups is 1. The van der Waals surface area contributed by atoms with E-state index < -0.39 is 29.8 Å². The Bertz CT molecular complexity index is 832. The lowest BCUT2D eigenvalue weighted by atomic mass is 9.98. The monoisotopic (exact) mass is 373 g/mol. The van der Waals surface area contributed by atoms with Gasteiger partial charge < -0.3 is 0 Å². The first-order valence-corrected chi connectivity index (χ1v) is 7.27. The third kappa shape index (κ3) is 3.25. The van der Waals surface area contributed by atoms with E-state index in [1.807, 2.05) is 5.43 Å². The number of amides is 1. The van der Waals surface area contributed by atoms with Crippen molar-refractivity contribution in [1.29, 1.82) is 0 Å². The molecule has 0 saturated carbocycles. The lowest BCUT2D eigenvalue weighted by Crippen LogP contribution is -2.39. The number of nitrogens with one attached hydrogen (secondary N) is 1. The van der Waals surface area contributed by atoms with Crippen LogP contribution in [0.1, 0.15) is 5.56 Å². The first-order valence-electron chi connectivity index (χ1n) is 7.27. The van der Waals surface area contributed by atoms with Gasteiger partial charge in [0, 0.05) is 24.0 Å². The van der Waals surface area contributed by atoms with Gasteiger partial charge in [0.15, 0.2) is 0 Å². The highest BCUT2D eigenvalue weighted by Gasteiger charge is 2.42. The minimum Gasteiger partial charge on any atom is -0.289 e. The zero-order valence-corrected chi connectivity index (χ0v) is 13.0. The van der Waals surface area contributed by atoms with E-state index in [1.54, 1.807) is 0 Å². The topological polar surface area (TPSA) is 74.0 Å². The minimum atomic E-state index is -4.68. The van der Waals surface area contributed by atoms with Gasteiger partial charge >= 0.3 is 6.30 Å². The number of fused-ring (bicyclic) bond motifs is 1. The van der Waals surface area contributed by atoms with Gasteiger partial charge in [-0.1, -0.05) is 12.1 Å². The molecule has 0 fully saturated rings. The van der Waals surface area contributed by atoms with Gasteiger partial charge in [-0.05, 0) is 6.07 Å². The van der Waals surface area contributed by atoms with Crippen LogP contribution < -0.4 is 11.3 Å². The average molecular weight is 373 g/mol. The smallest absolute Gasteiger partial charge is 0.289 e. The normalized spacial score (nSPS) is 19.2. The van der Waals surface area contributed by atoms with Crippen LogP contribution in [-0.2, 0) is 11.3 Å². The largest absolute Gasteiger partial charge is 0.488 e. The molecule has 2 heterocycles. The van der Waals surface area contributed by atoms with Crippen LogP contribution in [0.15, 0.2) is 47.5 Å². The Morgan fingerprint density at radius 3 is 2.65 bits per heavy atom. The molecule has 1 aromatic rings. The number of carbonyl (C=O) groups excluding carboxylic acids is 1. The number of hydrazine groups is 1. The van der Waals surface area contributed by atoms with E-state index in [9.17, 15) is 26.7 Å². The van der Waals surface area contributed by atoms with E-state index in [4.69, 9.17) is 5.84 Å². The molecule has 2 aliphatic heterocycles. The molecular weight excluding hydrogens is 361 g/mol. The Hall–Kier alpha value is -2.95. The number of alkyl halides is 3. The van der Waals surface area contributed by atoms with Gasteiger partial charge in [-0.3, -0.25) is 20.1 Å². The second-order valence-electron chi connectivity index (χ2n) is 5.50. The number of halogens is 5. The number of benzene rings is 1. The predicted molar refractivity (Wildman–Crippen MR) is 80.3 cm³/mol. The van der Waals surface area contributed by atoms with Gasteiger partial charge in [0.2, 0.25) is 0 Å². The van der Waals surface area contributed by atoms with Crippen LogP contribution in [-0.4, -0.2) is 27.8 Å². The number of rotatable bonds is 3. The zero-order valence-electron chi connectivity index (χ0n) is 13.0. The Labute approximate surface area is 144 Å². The summed E-state index contributed by atoms with van der Waals surface area (Å²) in [5.41, 5.74) is 1.73. The molecule has 11 heteroatoms. The first-order chi connectivity index (χ1) is 12.2. The van der Waals surface area contributed by atoms with E-state index in [2.05, 4.69) is 5.10 Å². The van der Waals surface area contributed by atoms with Crippen LogP contribution in [0, 0.1) is 17.6 Å². The van der Waals surface area contributed by atoms with E-state index in [0.29, 0.717) is 6.07 Å². The summed E-state index contributed by atoms with van der Waals surface area (Å²) < 4.78 is 65.8. The molecule has 0 spiro atoms. The van der Waals surface area contributed by atoms with Crippen molar-refractivity contribution in [3.8, 4) is 0 Å². The molecule has 0 bridgehead atoms. The summed E-state index contributed by atoms with van der Waals surface area (Å²) >= 11 is 0. The maximum absolute atomic E-state index is 13.9. The number of nitrogens with zero attached hydrogens (tertiary/aromatic N) is 3. The van der Waals surface area contributed by atoms with Crippen LogP contribution in [0.5, 0.6) is 0 Å². The summed E-state index contributed by atoms with van der Waals surface area (Å²) in [6.07, 6.45) is -2.03. The Balaban J connectivity index is 1.97. The molecule has 1 amide bonds. The van der Waals surface area contributed by atoms with E-state index in [1.165, 1.54) is 0 Å². The highest BCUT2D eigenvalue weighted by Crippen LogP contribution is 2.35. The summed E-state index contributed by atoms with van der Waals surface area (Å²) in [7, 11) is 0. The summed E-state index contributed by atoms with van der Waals surface area (Å²) in [6, 6.07) is 2.81. The standard InChI is InChI=1S/C15H12F5N5O/c16-9-2-1-8(11(17)5-9)6-25-12-7-24(15(18,19)20)4-3-10(12)13(23-25)14(26)22-21/h1-5,7,10H,6,21H2,(H,22,26). The zero-order chi connectivity index (χ0) is 19.1. The first kappa shape index (κ1) is 17.9. The fraction of sp³-hybridized carbons (Fsp3) is 0.200. The molecule has 1 atom stereocenters. The van der Waals surface area contributed by atoms with Crippen molar-refractivity contribution in [2.24, 2.45) is 16.9 Å². The van der Waals surface area contributed by atoms with Crippen LogP contribution in [0.4, 0.5) is 22.0 Å². The molecule has 1 aromatic carbocycles. The molecule has 26 heavy (non-hydrogen) atoms. The number of allylic oxidation sites excluding steroid dienone is 1. The molecule has 6 nitrogen and oxygen atoms in total. The third-order valence-electron chi connectivity index (χ3n) is 3.84. The molecule has 138 valence electrons. The van der Waals surface area contributed by atoms with Crippen molar-refractivity contribution in [3.63, 3.8) is 0 Å². The SMILES string of the molecule is NNC(=O)C1=NN(Cc2ccc(F)cc2F)C2=CN(C(F)(F)F)C=CC21. The van der Waals surface area contributed by atoms with Gasteiger partial charge in [0.25, 0.3) is 5.91 Å². The molecular formula is C15H12F5N5O. The van der Waals surface area contributed by atoms with Crippen LogP contribution >= 0.6 is 0 Å². The summed E-state index contributed by atoms with van der Waals surface area (Å²) in [6.45, 7) is -0.296. The van der Waals surface area contributed by atoms with Gasteiger partial charge in [-0.15, -0.1) is 13.2 Å². The van der Waals surface area contributed by atoms with Gasteiger partial charge in [0.05, 0.1) is 18.2 Å². The molecule has 1 unspecified atom stereocenters. The fourth-order valence-electron chi connectivity index (χ4n) is 2.61. The summed E-state index contributed by atoms with van der Waals surface area (Å²) in [4.78, 5) is 11.8. The van der Waals surface area contributed by atoms with Crippen LogP contribution in [0.3, 0.4) is 0 Å². The van der Waals surface area contributed by atoms with E-state index in [0.717, 1.165) is 35.6 Å². The molecule has 0 aliphatic carbocycles. The highest BCUT2D eigenvalue weighted by molar-refractivity contribution is 6.41. The Morgan fingerprint density at radius 2 is 2.04 bits per heavy atom. The lowest BCUT2D eigenvalue weighted by molar-refractivity contribution is -0.211. The van der Waals surface area contributed by atoms with Crippen molar-refractivity contribution in [3.05, 3.63) is 59.6 Å². The number of nitrogens with two attached hydrogens (primary N) is 1. The van der Waals surface area contributed by atoms with E-state index >= 15 is 0 Å². The van der Waals surface area contributed by atoms with Gasteiger partial charge in [-0.2, -0.15) is 5.10 Å². The van der Waals surface area contributed by atoms with Crippen molar-refractivity contribution < 1.29 is 26.7 Å². The maximum Gasteiger partial charge on any atom is 0.488 e. The Morgan fingerprint density at radius 1 is 1.31 bits per heavy atom. The predicted octanol–water partition coefficient (Wildman–Crippen LogP) is 1.93. The Kier molecular flexibility index (Phi) is 4.40. The second kappa shape index (κ2) is 6.41. The average Bonchev–Trinajstić information content (AvgIpc) is 2.94. The van der Waals surface area contributed by atoms with Crippen molar-refractivity contribution in [2.75, 3.05) is 0 Å². The highest BCUT2D eigenvalue weighted by atomic mass is 19.4.